The largest absolute Gasteiger partial charge is 0.0628 e. The lowest BCUT2D eigenvalue weighted by atomic mass is 9.49. The molecule has 2 rings (SSSR count). The van der Waals surface area contributed by atoms with Crippen LogP contribution in [0.3, 0.4) is 0 Å². The quantitative estimate of drug-likeness (QED) is 0.571. The van der Waals surface area contributed by atoms with E-state index in [4.69, 9.17) is 0 Å². The molecule has 0 aliphatic heterocycles. The summed E-state index contributed by atoms with van der Waals surface area (Å²) in [5.41, 5.74) is 1.19. The van der Waals surface area contributed by atoms with Crippen molar-refractivity contribution in [2.24, 2.45) is 34.5 Å². The SMILES string of the molecule is CC(C)CC1CCC2C(C1)C(C)(C)CCC2(C)C. The molecule has 106 valence electrons. The van der Waals surface area contributed by atoms with Crippen molar-refractivity contribution in [2.45, 2.75) is 80.1 Å². The van der Waals surface area contributed by atoms with Gasteiger partial charge in [0.25, 0.3) is 0 Å². The van der Waals surface area contributed by atoms with E-state index < -0.39 is 0 Å². The van der Waals surface area contributed by atoms with Gasteiger partial charge in [-0.05, 0) is 66.6 Å². The lowest BCUT2D eigenvalue weighted by Crippen LogP contribution is -2.47. The molecule has 0 heterocycles. The maximum Gasteiger partial charge on any atom is -0.0323 e. The molecule has 0 aromatic carbocycles. The fraction of sp³-hybridized carbons (Fsp3) is 1.00. The molecule has 0 bridgehead atoms. The molecule has 0 amide bonds. The van der Waals surface area contributed by atoms with Gasteiger partial charge < -0.3 is 0 Å². The number of rotatable bonds is 2. The number of hydrogen-bond acceptors (Lipinski definition) is 0. The van der Waals surface area contributed by atoms with Crippen LogP contribution in [-0.2, 0) is 0 Å². The van der Waals surface area contributed by atoms with Crippen molar-refractivity contribution >= 4 is 0 Å². The molecule has 0 aromatic rings. The van der Waals surface area contributed by atoms with Crippen molar-refractivity contribution in [1.29, 1.82) is 0 Å². The first-order chi connectivity index (χ1) is 8.22. The molecule has 0 N–H and O–H groups in total. The molecule has 2 aliphatic rings. The smallest absolute Gasteiger partial charge is 0.0323 e. The van der Waals surface area contributed by atoms with Crippen LogP contribution in [0.5, 0.6) is 0 Å². The number of fused-ring (bicyclic) bond motifs is 1. The minimum atomic E-state index is 0.593. The predicted molar refractivity (Wildman–Crippen MR) is 80.6 cm³/mol. The summed E-state index contributed by atoms with van der Waals surface area (Å²) >= 11 is 0. The molecule has 0 radical (unpaired) electrons. The first-order valence-corrected chi connectivity index (χ1v) is 8.22. The summed E-state index contributed by atoms with van der Waals surface area (Å²) in [6.07, 6.45) is 8.85. The molecule has 0 heteroatoms. The zero-order valence-electron chi connectivity index (χ0n) is 13.6. The van der Waals surface area contributed by atoms with E-state index in [2.05, 4.69) is 41.5 Å². The Kier molecular flexibility index (Phi) is 3.87. The highest BCUT2D eigenvalue weighted by molar-refractivity contribution is 4.99. The van der Waals surface area contributed by atoms with Crippen LogP contribution in [-0.4, -0.2) is 0 Å². The fourth-order valence-electron chi connectivity index (χ4n) is 4.95. The summed E-state index contributed by atoms with van der Waals surface area (Å²) in [5, 5.41) is 0. The molecular weight excluding hydrogens is 216 g/mol. The molecule has 3 unspecified atom stereocenters. The lowest BCUT2D eigenvalue weighted by Gasteiger charge is -2.56. The van der Waals surface area contributed by atoms with Crippen LogP contribution in [0, 0.1) is 34.5 Å². The highest BCUT2D eigenvalue weighted by Crippen LogP contribution is 2.58. The fourth-order valence-corrected chi connectivity index (χ4v) is 4.95. The molecule has 0 nitrogen and oxygen atoms in total. The van der Waals surface area contributed by atoms with Crippen LogP contribution < -0.4 is 0 Å². The average molecular weight is 250 g/mol. The van der Waals surface area contributed by atoms with Crippen LogP contribution in [0.15, 0.2) is 0 Å². The van der Waals surface area contributed by atoms with E-state index >= 15 is 0 Å². The predicted octanol–water partition coefficient (Wildman–Crippen LogP) is 5.91. The van der Waals surface area contributed by atoms with E-state index in [1.54, 1.807) is 0 Å². The summed E-state index contributed by atoms with van der Waals surface area (Å²) in [6.45, 7) is 14.9. The third-order valence-corrected chi connectivity index (χ3v) is 6.18. The second-order valence-electron chi connectivity index (χ2n) is 9.00. The van der Waals surface area contributed by atoms with E-state index in [-0.39, 0.29) is 0 Å². The molecule has 0 spiro atoms. The van der Waals surface area contributed by atoms with Gasteiger partial charge in [-0.3, -0.25) is 0 Å². The van der Waals surface area contributed by atoms with E-state index in [0.29, 0.717) is 10.8 Å². The Morgan fingerprint density at radius 3 is 2.00 bits per heavy atom. The van der Waals surface area contributed by atoms with Gasteiger partial charge in [-0.25, -0.2) is 0 Å². The molecule has 2 saturated carbocycles. The summed E-state index contributed by atoms with van der Waals surface area (Å²) in [6, 6.07) is 0. The number of hydrogen-bond donors (Lipinski definition) is 0. The van der Waals surface area contributed by atoms with Gasteiger partial charge in [-0.1, -0.05) is 48.0 Å². The van der Waals surface area contributed by atoms with Crippen LogP contribution in [0.25, 0.3) is 0 Å². The Labute approximate surface area is 115 Å². The first-order valence-electron chi connectivity index (χ1n) is 8.22. The summed E-state index contributed by atoms with van der Waals surface area (Å²) in [4.78, 5) is 0. The first kappa shape index (κ1) is 14.4. The minimum Gasteiger partial charge on any atom is -0.0628 e. The van der Waals surface area contributed by atoms with Crippen LogP contribution in [0.4, 0.5) is 0 Å². The summed E-state index contributed by atoms with van der Waals surface area (Å²) in [7, 11) is 0. The molecule has 0 saturated heterocycles. The van der Waals surface area contributed by atoms with E-state index in [9.17, 15) is 0 Å². The van der Waals surface area contributed by atoms with Crippen molar-refractivity contribution in [1.82, 2.24) is 0 Å². The third kappa shape index (κ3) is 2.78. The van der Waals surface area contributed by atoms with Gasteiger partial charge >= 0.3 is 0 Å². The molecule has 3 atom stereocenters. The maximum atomic E-state index is 2.54. The standard InChI is InChI=1S/C18H34/c1-13(2)11-14-7-8-15-16(12-14)18(5,6)10-9-17(15,3)4/h13-16H,7-12H2,1-6H3. The van der Waals surface area contributed by atoms with E-state index in [1.807, 2.05) is 0 Å². The highest BCUT2D eigenvalue weighted by atomic mass is 14.5. The Morgan fingerprint density at radius 2 is 1.44 bits per heavy atom. The van der Waals surface area contributed by atoms with E-state index in [0.717, 1.165) is 23.7 Å². The van der Waals surface area contributed by atoms with Crippen molar-refractivity contribution in [3.63, 3.8) is 0 Å². The third-order valence-electron chi connectivity index (χ3n) is 6.18. The van der Waals surface area contributed by atoms with Gasteiger partial charge in [-0.2, -0.15) is 0 Å². The Bertz CT molecular complexity index is 284. The van der Waals surface area contributed by atoms with Gasteiger partial charge in [-0.15, -0.1) is 0 Å². The van der Waals surface area contributed by atoms with Gasteiger partial charge in [0, 0.05) is 0 Å². The van der Waals surface area contributed by atoms with Crippen LogP contribution >= 0.6 is 0 Å². The molecule has 0 aromatic heterocycles. The molecule has 18 heavy (non-hydrogen) atoms. The second kappa shape index (κ2) is 4.84. The maximum absolute atomic E-state index is 2.54. The van der Waals surface area contributed by atoms with Crippen LogP contribution in [0.2, 0.25) is 0 Å². The Balaban J connectivity index is 2.11. The van der Waals surface area contributed by atoms with Crippen molar-refractivity contribution in [3.05, 3.63) is 0 Å². The molecular formula is C18H34. The lowest BCUT2D eigenvalue weighted by molar-refractivity contribution is -0.0608. The van der Waals surface area contributed by atoms with Gasteiger partial charge in [0.15, 0.2) is 0 Å². The summed E-state index contributed by atoms with van der Waals surface area (Å²) in [5.74, 6) is 3.87. The molecule has 2 aliphatic carbocycles. The molecule has 2 fully saturated rings. The van der Waals surface area contributed by atoms with E-state index in [1.165, 1.54) is 38.5 Å². The van der Waals surface area contributed by atoms with Crippen molar-refractivity contribution < 1.29 is 0 Å². The Morgan fingerprint density at radius 1 is 0.889 bits per heavy atom. The minimum absolute atomic E-state index is 0.593. The summed E-state index contributed by atoms with van der Waals surface area (Å²) < 4.78 is 0. The van der Waals surface area contributed by atoms with Crippen LogP contribution in [0.1, 0.15) is 80.1 Å². The van der Waals surface area contributed by atoms with Gasteiger partial charge in [0.2, 0.25) is 0 Å². The highest BCUT2D eigenvalue weighted by Gasteiger charge is 2.49. The monoisotopic (exact) mass is 250 g/mol. The van der Waals surface area contributed by atoms with Crippen molar-refractivity contribution in [3.8, 4) is 0 Å². The average Bonchev–Trinajstić information content (AvgIpc) is 2.24. The second-order valence-corrected chi connectivity index (χ2v) is 9.00. The zero-order valence-corrected chi connectivity index (χ0v) is 13.6. The van der Waals surface area contributed by atoms with Gasteiger partial charge in [0.1, 0.15) is 0 Å². The zero-order chi connectivity index (χ0) is 13.6. The Hall–Kier alpha value is 0. The van der Waals surface area contributed by atoms with Crippen molar-refractivity contribution in [2.75, 3.05) is 0 Å². The topological polar surface area (TPSA) is 0 Å². The van der Waals surface area contributed by atoms with Gasteiger partial charge in [0.05, 0.1) is 0 Å². The normalized spacial score (nSPS) is 38.5.